The molecule has 0 atom stereocenters. The van der Waals surface area contributed by atoms with Gasteiger partial charge in [-0.25, -0.2) is 13.1 Å². The predicted octanol–water partition coefficient (Wildman–Crippen LogP) is 0.00920. The molecule has 1 aromatic rings. The molecule has 0 heterocycles. The maximum Gasteiger partial charge on any atom is 0.270 e. The van der Waals surface area contributed by atoms with E-state index in [9.17, 15) is 23.3 Å². The average Bonchev–Trinajstić information content (AvgIpc) is 2.34. The van der Waals surface area contributed by atoms with Crippen LogP contribution in [-0.2, 0) is 14.8 Å². The lowest BCUT2D eigenvalue weighted by Gasteiger charge is -2.06. The van der Waals surface area contributed by atoms with E-state index in [0.29, 0.717) is 0 Å². The largest absolute Gasteiger partial charge is 0.355 e. The van der Waals surface area contributed by atoms with Gasteiger partial charge in [-0.05, 0) is 6.07 Å². The number of hydrogen-bond acceptors (Lipinski definition) is 5. The molecule has 0 saturated carbocycles. The third-order valence-corrected chi connectivity index (χ3v) is 3.59. The van der Waals surface area contributed by atoms with E-state index in [1.807, 2.05) is 0 Å². The molecule has 0 radical (unpaired) electrons. The molecule has 0 unspecified atom stereocenters. The van der Waals surface area contributed by atoms with Crippen molar-refractivity contribution in [3.8, 4) is 0 Å². The molecular formula is C10H13N3O5S. The predicted molar refractivity (Wildman–Crippen MR) is 67.0 cm³/mol. The Labute approximate surface area is 110 Å². The Balaban J connectivity index is 2.74. The number of benzene rings is 1. The second-order valence-corrected chi connectivity index (χ2v) is 5.40. The SMILES string of the molecule is CC(=O)NCCNS(=O)(=O)c1cccc([N+](=O)[O-])c1. The van der Waals surface area contributed by atoms with Crippen molar-refractivity contribution in [1.82, 2.24) is 10.0 Å². The molecule has 19 heavy (non-hydrogen) atoms. The van der Waals surface area contributed by atoms with Crippen molar-refractivity contribution in [2.75, 3.05) is 13.1 Å². The van der Waals surface area contributed by atoms with E-state index in [1.54, 1.807) is 0 Å². The minimum atomic E-state index is -3.82. The summed E-state index contributed by atoms with van der Waals surface area (Å²) in [4.78, 5) is 20.3. The molecule has 0 saturated heterocycles. The van der Waals surface area contributed by atoms with Gasteiger partial charge in [0.05, 0.1) is 9.82 Å². The summed E-state index contributed by atoms with van der Waals surface area (Å²) in [6.07, 6.45) is 0. The summed E-state index contributed by atoms with van der Waals surface area (Å²) >= 11 is 0. The first-order valence-electron chi connectivity index (χ1n) is 5.31. The standard InChI is InChI=1S/C10H13N3O5S/c1-8(14)11-5-6-12-19(17,18)10-4-2-3-9(7-10)13(15)16/h2-4,7,12H,5-6H2,1H3,(H,11,14). The monoisotopic (exact) mass is 287 g/mol. The van der Waals surface area contributed by atoms with Gasteiger partial charge in [0.25, 0.3) is 5.69 Å². The molecule has 1 amide bonds. The topological polar surface area (TPSA) is 118 Å². The Kier molecular flexibility index (Phi) is 4.95. The molecule has 0 aliphatic rings. The van der Waals surface area contributed by atoms with Crippen LogP contribution < -0.4 is 10.0 Å². The van der Waals surface area contributed by atoms with Crippen molar-refractivity contribution in [3.63, 3.8) is 0 Å². The number of amides is 1. The summed E-state index contributed by atoms with van der Waals surface area (Å²) in [5.74, 6) is -0.269. The lowest BCUT2D eigenvalue weighted by Crippen LogP contribution is -2.33. The molecule has 0 fully saturated rings. The third kappa shape index (κ3) is 4.64. The van der Waals surface area contributed by atoms with Crippen molar-refractivity contribution in [3.05, 3.63) is 34.4 Å². The van der Waals surface area contributed by atoms with Crippen molar-refractivity contribution in [2.24, 2.45) is 0 Å². The van der Waals surface area contributed by atoms with Gasteiger partial charge < -0.3 is 5.32 Å². The van der Waals surface area contributed by atoms with Gasteiger partial charge in [0.2, 0.25) is 15.9 Å². The molecular weight excluding hydrogens is 274 g/mol. The zero-order valence-corrected chi connectivity index (χ0v) is 10.9. The molecule has 8 nitrogen and oxygen atoms in total. The molecule has 1 aromatic carbocycles. The lowest BCUT2D eigenvalue weighted by atomic mass is 10.3. The Morgan fingerprint density at radius 3 is 2.63 bits per heavy atom. The molecule has 1 rings (SSSR count). The highest BCUT2D eigenvalue weighted by atomic mass is 32.2. The van der Waals surface area contributed by atoms with Crippen LogP contribution in [0.3, 0.4) is 0 Å². The van der Waals surface area contributed by atoms with E-state index in [0.717, 1.165) is 6.07 Å². The zero-order valence-electron chi connectivity index (χ0n) is 10.1. The van der Waals surface area contributed by atoms with E-state index >= 15 is 0 Å². The molecule has 0 aliphatic carbocycles. The lowest BCUT2D eigenvalue weighted by molar-refractivity contribution is -0.385. The first-order chi connectivity index (χ1) is 8.83. The molecule has 0 aromatic heterocycles. The molecule has 0 spiro atoms. The summed E-state index contributed by atoms with van der Waals surface area (Å²) in [7, 11) is -3.82. The van der Waals surface area contributed by atoms with E-state index < -0.39 is 14.9 Å². The van der Waals surface area contributed by atoms with Crippen molar-refractivity contribution >= 4 is 21.6 Å². The fraction of sp³-hybridized carbons (Fsp3) is 0.300. The van der Waals surface area contributed by atoms with Gasteiger partial charge in [-0.1, -0.05) is 6.07 Å². The highest BCUT2D eigenvalue weighted by Crippen LogP contribution is 2.16. The van der Waals surface area contributed by atoms with Gasteiger partial charge in [-0.15, -0.1) is 0 Å². The summed E-state index contributed by atoms with van der Waals surface area (Å²) in [5.41, 5.74) is -0.301. The first kappa shape index (κ1) is 15.1. The van der Waals surface area contributed by atoms with Crippen LogP contribution in [0.15, 0.2) is 29.2 Å². The molecule has 0 bridgehead atoms. The Morgan fingerprint density at radius 2 is 2.05 bits per heavy atom. The van der Waals surface area contributed by atoms with Crippen LogP contribution in [0.5, 0.6) is 0 Å². The highest BCUT2D eigenvalue weighted by Gasteiger charge is 2.16. The number of non-ortho nitro benzene ring substituents is 1. The summed E-state index contributed by atoms with van der Waals surface area (Å²) in [6.45, 7) is 1.46. The fourth-order valence-corrected chi connectivity index (χ4v) is 2.34. The van der Waals surface area contributed by atoms with E-state index in [1.165, 1.54) is 25.1 Å². The molecule has 104 valence electrons. The quantitative estimate of drug-likeness (QED) is 0.434. The van der Waals surface area contributed by atoms with Crippen molar-refractivity contribution in [2.45, 2.75) is 11.8 Å². The fourth-order valence-electron chi connectivity index (χ4n) is 1.27. The van der Waals surface area contributed by atoms with Crippen LogP contribution >= 0.6 is 0 Å². The minimum absolute atomic E-state index is 0.00457. The number of nitro groups is 1. The molecule has 2 N–H and O–H groups in total. The number of nitro benzene ring substituents is 1. The van der Waals surface area contributed by atoms with E-state index in [2.05, 4.69) is 10.0 Å². The number of carbonyl (C=O) groups excluding carboxylic acids is 1. The van der Waals surface area contributed by atoms with Gasteiger partial charge in [-0.3, -0.25) is 14.9 Å². The van der Waals surface area contributed by atoms with Crippen LogP contribution in [-0.4, -0.2) is 32.3 Å². The van der Waals surface area contributed by atoms with Crippen LogP contribution in [0, 0.1) is 10.1 Å². The van der Waals surface area contributed by atoms with E-state index in [4.69, 9.17) is 0 Å². The zero-order chi connectivity index (χ0) is 14.5. The molecule has 0 aliphatic heterocycles. The number of rotatable bonds is 6. The van der Waals surface area contributed by atoms with Gasteiger partial charge in [0.1, 0.15) is 0 Å². The second kappa shape index (κ2) is 6.25. The van der Waals surface area contributed by atoms with Crippen molar-refractivity contribution in [1.29, 1.82) is 0 Å². The summed E-state index contributed by atoms with van der Waals surface area (Å²) in [5, 5.41) is 13.0. The number of carbonyl (C=O) groups is 1. The van der Waals surface area contributed by atoms with Crippen LogP contribution in [0.4, 0.5) is 5.69 Å². The van der Waals surface area contributed by atoms with Gasteiger partial charge >= 0.3 is 0 Å². The third-order valence-electron chi connectivity index (χ3n) is 2.13. The summed E-state index contributed by atoms with van der Waals surface area (Å²) < 4.78 is 25.8. The van der Waals surface area contributed by atoms with Gasteiger partial charge in [0, 0.05) is 32.1 Å². The smallest absolute Gasteiger partial charge is 0.270 e. The Hall–Kier alpha value is -2.00. The molecule has 9 heteroatoms. The van der Waals surface area contributed by atoms with Crippen LogP contribution in [0.25, 0.3) is 0 Å². The second-order valence-electron chi connectivity index (χ2n) is 3.64. The number of hydrogen-bond donors (Lipinski definition) is 2. The maximum atomic E-state index is 11.8. The Bertz CT molecular complexity index is 585. The van der Waals surface area contributed by atoms with Crippen LogP contribution in [0.2, 0.25) is 0 Å². The highest BCUT2D eigenvalue weighted by molar-refractivity contribution is 7.89. The van der Waals surface area contributed by atoms with Crippen LogP contribution in [0.1, 0.15) is 6.92 Å². The summed E-state index contributed by atoms with van der Waals surface area (Å²) in [6, 6.07) is 4.73. The van der Waals surface area contributed by atoms with Gasteiger partial charge in [-0.2, -0.15) is 0 Å². The Morgan fingerprint density at radius 1 is 1.37 bits per heavy atom. The number of nitrogens with one attached hydrogen (secondary N) is 2. The number of nitrogens with zero attached hydrogens (tertiary/aromatic N) is 1. The maximum absolute atomic E-state index is 11.8. The van der Waals surface area contributed by atoms with E-state index in [-0.39, 0.29) is 29.6 Å². The average molecular weight is 287 g/mol. The first-order valence-corrected chi connectivity index (χ1v) is 6.80. The normalized spacial score (nSPS) is 11.0. The minimum Gasteiger partial charge on any atom is -0.355 e. The van der Waals surface area contributed by atoms with Gasteiger partial charge in [0.15, 0.2) is 0 Å². The number of sulfonamides is 1. The van der Waals surface area contributed by atoms with Crippen molar-refractivity contribution < 1.29 is 18.1 Å².